The molecule has 2 aliphatic rings. The summed E-state index contributed by atoms with van der Waals surface area (Å²) >= 11 is 3.43. The summed E-state index contributed by atoms with van der Waals surface area (Å²) in [5.41, 5.74) is 5.36. The molecule has 2 atom stereocenters. The quantitative estimate of drug-likeness (QED) is 0.0979. The molecule has 0 radical (unpaired) electrons. The first-order valence-electron chi connectivity index (χ1n) is 8.87. The number of nitrogens with one attached hydrogen (secondary N) is 1. The lowest BCUT2D eigenvalue weighted by Crippen LogP contribution is -2.71. The minimum atomic E-state index is -1.33. The van der Waals surface area contributed by atoms with E-state index in [2.05, 4.69) is 19.8 Å². The summed E-state index contributed by atoms with van der Waals surface area (Å²) < 4.78 is 8.84. The van der Waals surface area contributed by atoms with E-state index in [1.54, 1.807) is 6.26 Å². The molecule has 1 aromatic rings. The van der Waals surface area contributed by atoms with Crippen LogP contribution in [-0.4, -0.2) is 84.8 Å². The number of aromatic nitrogens is 2. The summed E-state index contributed by atoms with van der Waals surface area (Å²) in [5, 5.41) is 15.4. The van der Waals surface area contributed by atoms with Crippen molar-refractivity contribution in [2.24, 2.45) is 5.16 Å². The maximum absolute atomic E-state index is 12.8. The van der Waals surface area contributed by atoms with Crippen molar-refractivity contribution in [2.75, 3.05) is 30.3 Å². The Bertz CT molecular complexity index is 1010. The first-order chi connectivity index (χ1) is 15.2. The fourth-order valence-corrected chi connectivity index (χ4v) is 4.77. The van der Waals surface area contributed by atoms with E-state index >= 15 is 0 Å². The van der Waals surface area contributed by atoms with Crippen molar-refractivity contribution in [1.82, 2.24) is 19.6 Å². The van der Waals surface area contributed by atoms with E-state index in [0.29, 0.717) is 5.57 Å². The highest BCUT2D eigenvalue weighted by molar-refractivity contribution is 8.00. The van der Waals surface area contributed by atoms with E-state index in [1.165, 1.54) is 30.4 Å². The molecule has 2 aliphatic heterocycles. The van der Waals surface area contributed by atoms with E-state index in [9.17, 15) is 24.3 Å². The molecule has 2 amide bonds. The number of carbonyl (C=O) groups is 4. The number of fused-ring (bicyclic) bond motifs is 1. The molecular formula is C16H18N6O7S3. The van der Waals surface area contributed by atoms with Gasteiger partial charge in [0.25, 0.3) is 11.8 Å². The summed E-state index contributed by atoms with van der Waals surface area (Å²) in [5.74, 6) is -2.97. The fraction of sp³-hybridized carbons (Fsp3) is 0.438. The molecule has 1 saturated heterocycles. The van der Waals surface area contributed by atoms with E-state index in [-0.39, 0.29) is 40.7 Å². The minimum Gasteiger partial charge on any atom is -0.477 e. The Hall–Kier alpha value is -2.85. The Balaban J connectivity index is 1.77. The van der Waals surface area contributed by atoms with Gasteiger partial charge in [0.05, 0.1) is 0 Å². The molecule has 3 heterocycles. The SMILES string of the molecule is CSCON=C(C(=O)N[C@@H]1C(=O)N2C(C(=O)O)=C(COC(C)=O)CS[C@H]12)c1nsc(N)n1. The van der Waals surface area contributed by atoms with Gasteiger partial charge in [0.2, 0.25) is 11.5 Å². The van der Waals surface area contributed by atoms with Crippen LogP contribution in [0.3, 0.4) is 0 Å². The number of carboxylic acids is 1. The highest BCUT2D eigenvalue weighted by atomic mass is 32.2. The molecule has 4 N–H and O–H groups in total. The Morgan fingerprint density at radius 2 is 2.19 bits per heavy atom. The van der Waals surface area contributed by atoms with Gasteiger partial charge in [0, 0.05) is 29.8 Å². The maximum Gasteiger partial charge on any atom is 0.352 e. The molecule has 1 fully saturated rings. The molecule has 32 heavy (non-hydrogen) atoms. The molecule has 1 aromatic heterocycles. The molecule has 13 nitrogen and oxygen atoms in total. The van der Waals surface area contributed by atoms with E-state index < -0.39 is 35.2 Å². The molecule has 0 aliphatic carbocycles. The number of hydrogen-bond acceptors (Lipinski definition) is 13. The van der Waals surface area contributed by atoms with Crippen LogP contribution in [-0.2, 0) is 28.8 Å². The molecule has 0 bridgehead atoms. The summed E-state index contributed by atoms with van der Waals surface area (Å²) in [4.78, 5) is 58.4. The number of nitrogens with two attached hydrogens (primary N) is 1. The Labute approximate surface area is 193 Å². The smallest absolute Gasteiger partial charge is 0.352 e. The Morgan fingerprint density at radius 1 is 1.44 bits per heavy atom. The summed E-state index contributed by atoms with van der Waals surface area (Å²) in [6.45, 7) is 0.963. The maximum atomic E-state index is 12.8. The van der Waals surface area contributed by atoms with Crippen molar-refractivity contribution in [1.29, 1.82) is 0 Å². The number of β-lactam (4-membered cyclic amide) rings is 1. The molecular weight excluding hydrogens is 484 g/mol. The number of nitrogen functional groups attached to an aromatic ring is 1. The molecule has 0 spiro atoms. The first kappa shape index (κ1) is 23.8. The second kappa shape index (κ2) is 10.2. The zero-order valence-corrected chi connectivity index (χ0v) is 19.2. The van der Waals surface area contributed by atoms with Crippen LogP contribution in [0.5, 0.6) is 0 Å². The number of amides is 2. The van der Waals surface area contributed by atoms with Gasteiger partial charge in [-0.3, -0.25) is 19.3 Å². The van der Waals surface area contributed by atoms with Crippen LogP contribution in [0.4, 0.5) is 5.13 Å². The van der Waals surface area contributed by atoms with Crippen molar-refractivity contribution < 1.29 is 33.9 Å². The fourth-order valence-electron chi connectivity index (χ4n) is 2.85. The summed E-state index contributed by atoms with van der Waals surface area (Å²) in [7, 11) is 0. The van der Waals surface area contributed by atoms with E-state index in [0.717, 1.165) is 16.4 Å². The average molecular weight is 503 g/mol. The number of aliphatic carboxylic acids is 1. The average Bonchev–Trinajstić information content (AvgIpc) is 3.18. The van der Waals surface area contributed by atoms with Crippen LogP contribution >= 0.6 is 35.1 Å². The predicted octanol–water partition coefficient (Wildman–Crippen LogP) is -0.537. The lowest BCUT2D eigenvalue weighted by Gasteiger charge is -2.49. The number of carbonyl (C=O) groups excluding carboxylic acids is 3. The zero-order chi connectivity index (χ0) is 23.4. The van der Waals surface area contributed by atoms with Gasteiger partial charge in [-0.05, 0) is 6.26 Å². The topological polar surface area (TPSA) is 186 Å². The number of hydrogen-bond donors (Lipinski definition) is 3. The molecule has 16 heteroatoms. The number of rotatable bonds is 9. The van der Waals surface area contributed by atoms with Crippen molar-refractivity contribution in [3.8, 4) is 0 Å². The second-order valence-electron chi connectivity index (χ2n) is 6.33. The monoisotopic (exact) mass is 502 g/mol. The number of anilines is 1. The van der Waals surface area contributed by atoms with Gasteiger partial charge < -0.3 is 25.7 Å². The molecule has 0 saturated carbocycles. The normalized spacial score (nSPS) is 20.4. The number of thioether (sulfide) groups is 2. The Kier molecular flexibility index (Phi) is 7.57. The molecule has 0 unspecified atom stereocenters. The van der Waals surface area contributed by atoms with E-state index in [1.807, 2.05) is 0 Å². The van der Waals surface area contributed by atoms with Crippen LogP contribution in [0.2, 0.25) is 0 Å². The van der Waals surface area contributed by atoms with Gasteiger partial charge in [0.15, 0.2) is 11.1 Å². The third-order valence-corrected chi connectivity index (χ3v) is 6.40. The van der Waals surface area contributed by atoms with Gasteiger partial charge >= 0.3 is 11.9 Å². The van der Waals surface area contributed by atoms with Gasteiger partial charge in [0.1, 0.15) is 23.7 Å². The second-order valence-corrected chi connectivity index (χ2v) is 9.03. The van der Waals surface area contributed by atoms with Crippen molar-refractivity contribution in [3.05, 3.63) is 17.1 Å². The van der Waals surface area contributed by atoms with Gasteiger partial charge in [-0.1, -0.05) is 5.16 Å². The standard InChI is InChI=1S/C16H18N6O7S3/c1-6(23)28-3-7-4-31-14-9(13(25)22(14)10(7)15(26)27)18-12(24)8(20-29-5-30-2)11-19-16(17)32-21-11/h9,14H,3-5H2,1-2H3,(H,18,24)(H,26,27)(H2,17,19,21)/t9-,14-/m1/s1. The van der Waals surface area contributed by atoms with Gasteiger partial charge in [-0.15, -0.1) is 23.5 Å². The van der Waals surface area contributed by atoms with Crippen LogP contribution in [0.1, 0.15) is 12.7 Å². The largest absolute Gasteiger partial charge is 0.477 e. The van der Waals surface area contributed by atoms with Crippen molar-refractivity contribution in [2.45, 2.75) is 18.3 Å². The van der Waals surface area contributed by atoms with Gasteiger partial charge in [-0.25, -0.2) is 4.79 Å². The Morgan fingerprint density at radius 3 is 2.78 bits per heavy atom. The lowest BCUT2D eigenvalue weighted by atomic mass is 10.0. The summed E-state index contributed by atoms with van der Waals surface area (Å²) in [6.07, 6.45) is 1.78. The highest BCUT2D eigenvalue weighted by Crippen LogP contribution is 2.40. The number of ether oxygens (including phenoxy) is 1. The van der Waals surface area contributed by atoms with Crippen LogP contribution in [0.15, 0.2) is 16.4 Å². The van der Waals surface area contributed by atoms with Crippen molar-refractivity contribution >= 4 is 69.7 Å². The summed E-state index contributed by atoms with van der Waals surface area (Å²) in [6, 6.07) is -1.00. The number of esters is 1. The first-order valence-corrected chi connectivity index (χ1v) is 12.1. The highest BCUT2D eigenvalue weighted by Gasteiger charge is 2.54. The number of oxime groups is 1. The third-order valence-electron chi connectivity index (χ3n) is 4.18. The minimum absolute atomic E-state index is 0.0548. The lowest BCUT2D eigenvalue weighted by molar-refractivity contribution is -0.150. The predicted molar refractivity (Wildman–Crippen MR) is 117 cm³/mol. The van der Waals surface area contributed by atoms with Crippen LogP contribution in [0, 0.1) is 0 Å². The molecule has 3 rings (SSSR count). The van der Waals surface area contributed by atoms with Crippen LogP contribution in [0.25, 0.3) is 0 Å². The molecule has 0 aromatic carbocycles. The van der Waals surface area contributed by atoms with Crippen molar-refractivity contribution in [3.63, 3.8) is 0 Å². The molecule has 172 valence electrons. The van der Waals surface area contributed by atoms with E-state index in [4.69, 9.17) is 15.3 Å². The third kappa shape index (κ3) is 4.97. The van der Waals surface area contributed by atoms with Crippen LogP contribution < -0.4 is 11.1 Å². The number of carboxylic acid groups (broad SMARTS) is 1. The zero-order valence-electron chi connectivity index (χ0n) is 16.8. The number of nitrogens with zero attached hydrogens (tertiary/aromatic N) is 4. The van der Waals surface area contributed by atoms with Gasteiger partial charge in [-0.2, -0.15) is 9.36 Å².